The minimum atomic E-state index is 0.125. The summed E-state index contributed by atoms with van der Waals surface area (Å²) in [6.07, 6.45) is 6.98. The zero-order valence-electron chi connectivity index (χ0n) is 21.4. The summed E-state index contributed by atoms with van der Waals surface area (Å²) in [7, 11) is 0. The molecule has 1 aromatic heterocycles. The van der Waals surface area contributed by atoms with E-state index in [1.54, 1.807) is 0 Å². The monoisotopic (exact) mass is 467 g/mol. The Morgan fingerprint density at radius 2 is 1.37 bits per heavy atom. The van der Waals surface area contributed by atoms with E-state index in [1.165, 1.54) is 22.5 Å². The smallest absolute Gasteiger partial charge is 0.149 e. The van der Waals surface area contributed by atoms with Crippen LogP contribution in [0.2, 0.25) is 0 Å². The molecule has 0 amide bonds. The van der Waals surface area contributed by atoms with Gasteiger partial charge in [0.1, 0.15) is 5.82 Å². The first kappa shape index (κ1) is 24.5. The van der Waals surface area contributed by atoms with E-state index in [2.05, 4.69) is 108 Å². The van der Waals surface area contributed by atoms with Gasteiger partial charge in [-0.15, -0.1) is 0 Å². The van der Waals surface area contributed by atoms with Crippen molar-refractivity contribution in [1.29, 1.82) is 0 Å². The molecule has 5 nitrogen and oxygen atoms in total. The molecule has 3 aromatic rings. The molecule has 0 saturated heterocycles. The average molecular weight is 468 g/mol. The van der Waals surface area contributed by atoms with E-state index in [9.17, 15) is 0 Å². The summed E-state index contributed by atoms with van der Waals surface area (Å²) in [5.74, 6) is 0.872. The summed E-state index contributed by atoms with van der Waals surface area (Å²) in [5, 5.41) is 7.04. The first-order chi connectivity index (χ1) is 17.2. The number of aromatic nitrogens is 1. The Kier molecular flexibility index (Phi) is 8.19. The summed E-state index contributed by atoms with van der Waals surface area (Å²) in [5.41, 5.74) is 6.01. The van der Waals surface area contributed by atoms with Gasteiger partial charge in [0.25, 0.3) is 0 Å². The van der Waals surface area contributed by atoms with Gasteiger partial charge in [-0.25, -0.2) is 9.99 Å². The van der Waals surface area contributed by atoms with Crippen LogP contribution in [0.1, 0.15) is 51.3 Å². The van der Waals surface area contributed by atoms with Crippen LogP contribution in [0.5, 0.6) is 0 Å². The quantitative estimate of drug-likeness (QED) is 0.329. The Morgan fingerprint density at radius 3 is 1.91 bits per heavy atom. The molecule has 5 heteroatoms. The first-order valence-electron chi connectivity index (χ1n) is 12.8. The van der Waals surface area contributed by atoms with Crippen molar-refractivity contribution in [2.75, 3.05) is 41.0 Å². The van der Waals surface area contributed by atoms with Crippen LogP contribution in [-0.2, 0) is 0 Å². The van der Waals surface area contributed by atoms with E-state index in [4.69, 9.17) is 5.10 Å². The van der Waals surface area contributed by atoms with Crippen molar-refractivity contribution in [3.8, 4) is 0 Å². The van der Waals surface area contributed by atoms with Gasteiger partial charge >= 0.3 is 0 Å². The van der Waals surface area contributed by atoms with Crippen molar-refractivity contribution >= 4 is 29.0 Å². The average Bonchev–Trinajstić information content (AvgIpc) is 3.35. The summed E-state index contributed by atoms with van der Waals surface area (Å²) < 4.78 is 0. The van der Waals surface area contributed by atoms with Crippen molar-refractivity contribution in [1.82, 2.24) is 4.98 Å². The van der Waals surface area contributed by atoms with Gasteiger partial charge in [-0.3, -0.25) is 0 Å². The largest absolute Gasteiger partial charge is 0.372 e. The number of nitrogens with zero attached hydrogens (tertiary/aromatic N) is 5. The van der Waals surface area contributed by atoms with Crippen molar-refractivity contribution in [2.45, 2.75) is 40.2 Å². The summed E-state index contributed by atoms with van der Waals surface area (Å²) >= 11 is 0. The molecule has 0 N–H and O–H groups in total. The van der Waals surface area contributed by atoms with Crippen LogP contribution in [0.3, 0.4) is 0 Å². The van der Waals surface area contributed by atoms with Crippen LogP contribution >= 0.6 is 0 Å². The molecule has 1 unspecified atom stereocenters. The summed E-state index contributed by atoms with van der Waals surface area (Å²) in [6, 6.07) is 23.8. The van der Waals surface area contributed by atoms with Gasteiger partial charge in [-0.2, -0.15) is 5.10 Å². The lowest BCUT2D eigenvalue weighted by Gasteiger charge is -2.25. The van der Waals surface area contributed by atoms with E-state index in [0.29, 0.717) is 0 Å². The predicted molar refractivity (Wildman–Crippen MR) is 151 cm³/mol. The molecule has 0 radical (unpaired) electrons. The lowest BCUT2D eigenvalue weighted by molar-refractivity contribution is 0.698. The van der Waals surface area contributed by atoms with Crippen molar-refractivity contribution < 1.29 is 0 Å². The molecule has 2 aromatic carbocycles. The Bertz CT molecular complexity index is 1110. The number of anilines is 3. The Labute approximate surface area is 210 Å². The fraction of sp³-hybridized carbons (Fsp3) is 0.333. The number of rotatable bonds is 10. The topological polar surface area (TPSA) is 35.0 Å². The fourth-order valence-corrected chi connectivity index (χ4v) is 4.67. The molecule has 4 rings (SSSR count). The third-order valence-electron chi connectivity index (χ3n) is 6.71. The molecule has 0 saturated carbocycles. The van der Waals surface area contributed by atoms with Gasteiger partial charge in [0, 0.05) is 50.2 Å². The standard InChI is InChI=1S/C30H37N5/c1-5-33(6-2)27-18-13-24(14-19-27)12-17-26-23-29(35(32-26)30-11-9-10-22-31-30)25-15-20-28(21-16-25)34(7-3)8-4/h9-22,29H,5-8,23H2,1-4H3. The number of allylic oxidation sites excluding steroid dienone is 1. The lowest BCUT2D eigenvalue weighted by Crippen LogP contribution is -2.22. The molecule has 1 aliphatic rings. The second kappa shape index (κ2) is 11.7. The Morgan fingerprint density at radius 1 is 0.771 bits per heavy atom. The zero-order valence-corrected chi connectivity index (χ0v) is 21.4. The molecule has 0 spiro atoms. The lowest BCUT2D eigenvalue weighted by atomic mass is 10.0. The molecule has 2 heterocycles. The van der Waals surface area contributed by atoms with Gasteiger partial charge in [-0.05, 0) is 81.3 Å². The third kappa shape index (κ3) is 5.73. The molecule has 1 aliphatic heterocycles. The van der Waals surface area contributed by atoms with Gasteiger partial charge in [0.05, 0.1) is 11.8 Å². The SMILES string of the molecule is CCN(CC)c1ccc(C=CC2=NN(c3ccccn3)C(c3ccc(N(CC)CC)cc3)C2)cc1. The molecule has 0 aliphatic carbocycles. The third-order valence-corrected chi connectivity index (χ3v) is 6.71. The molecule has 0 fully saturated rings. The predicted octanol–water partition coefficient (Wildman–Crippen LogP) is 6.79. The minimum absolute atomic E-state index is 0.125. The molecule has 35 heavy (non-hydrogen) atoms. The van der Waals surface area contributed by atoms with E-state index >= 15 is 0 Å². The van der Waals surface area contributed by atoms with Crippen LogP contribution in [0.15, 0.2) is 84.1 Å². The first-order valence-corrected chi connectivity index (χ1v) is 12.8. The highest BCUT2D eigenvalue weighted by Gasteiger charge is 2.29. The van der Waals surface area contributed by atoms with Crippen LogP contribution in [-0.4, -0.2) is 36.9 Å². The molecular formula is C30H37N5. The molecule has 182 valence electrons. The number of hydrogen-bond acceptors (Lipinski definition) is 5. The second-order valence-electron chi connectivity index (χ2n) is 8.70. The van der Waals surface area contributed by atoms with Crippen LogP contribution < -0.4 is 14.8 Å². The van der Waals surface area contributed by atoms with Crippen molar-refractivity contribution in [3.63, 3.8) is 0 Å². The normalized spacial score (nSPS) is 15.5. The van der Waals surface area contributed by atoms with Gasteiger partial charge in [0.15, 0.2) is 0 Å². The van der Waals surface area contributed by atoms with Gasteiger partial charge in [-0.1, -0.05) is 36.4 Å². The maximum absolute atomic E-state index is 4.98. The molecule has 1 atom stereocenters. The summed E-state index contributed by atoms with van der Waals surface area (Å²) in [6.45, 7) is 12.8. The maximum Gasteiger partial charge on any atom is 0.149 e. The highest BCUT2D eigenvalue weighted by Crippen LogP contribution is 2.35. The Hall–Kier alpha value is -3.60. The van der Waals surface area contributed by atoms with E-state index in [-0.39, 0.29) is 6.04 Å². The number of benzene rings is 2. The van der Waals surface area contributed by atoms with E-state index in [0.717, 1.165) is 44.1 Å². The van der Waals surface area contributed by atoms with E-state index < -0.39 is 0 Å². The van der Waals surface area contributed by atoms with Gasteiger partial charge < -0.3 is 9.80 Å². The molecule has 0 bridgehead atoms. The highest BCUT2D eigenvalue weighted by molar-refractivity contribution is 6.01. The number of hydrazone groups is 1. The number of pyridine rings is 1. The highest BCUT2D eigenvalue weighted by atomic mass is 15.5. The molecular weight excluding hydrogens is 430 g/mol. The minimum Gasteiger partial charge on any atom is -0.372 e. The van der Waals surface area contributed by atoms with Gasteiger partial charge in [0.2, 0.25) is 0 Å². The zero-order chi connectivity index (χ0) is 24.6. The Balaban J connectivity index is 1.55. The summed E-state index contributed by atoms with van der Waals surface area (Å²) in [4.78, 5) is 9.31. The van der Waals surface area contributed by atoms with Crippen molar-refractivity contribution in [2.24, 2.45) is 5.10 Å². The van der Waals surface area contributed by atoms with Crippen LogP contribution in [0, 0.1) is 0 Å². The maximum atomic E-state index is 4.98. The second-order valence-corrected chi connectivity index (χ2v) is 8.70. The van der Waals surface area contributed by atoms with Crippen molar-refractivity contribution in [3.05, 3.63) is 90.1 Å². The van der Waals surface area contributed by atoms with E-state index in [1.807, 2.05) is 24.4 Å². The van der Waals surface area contributed by atoms with Crippen LogP contribution in [0.25, 0.3) is 6.08 Å². The number of hydrogen-bond donors (Lipinski definition) is 0. The fourth-order valence-electron chi connectivity index (χ4n) is 4.67. The van der Waals surface area contributed by atoms with Crippen LogP contribution in [0.4, 0.5) is 17.2 Å².